The Morgan fingerprint density at radius 3 is 1.81 bits per heavy atom. The summed E-state index contributed by atoms with van der Waals surface area (Å²) in [4.78, 5) is -0.504. The van der Waals surface area contributed by atoms with Gasteiger partial charge in [0.2, 0.25) is 0 Å². The van der Waals surface area contributed by atoms with Gasteiger partial charge in [0, 0.05) is 11.1 Å². The van der Waals surface area contributed by atoms with Crippen molar-refractivity contribution < 1.29 is 0 Å². The maximum Gasteiger partial charge on any atom is 0.165 e. The normalized spacial score (nSPS) is 18.0. The molecule has 1 aliphatic heterocycles. The molecule has 0 spiro atoms. The van der Waals surface area contributed by atoms with Gasteiger partial charge in [-0.15, -0.1) is 0 Å². The molecule has 4 aromatic carbocycles. The van der Waals surface area contributed by atoms with Crippen LogP contribution in [0.2, 0.25) is 0 Å². The average Bonchev–Trinajstić information content (AvgIpc) is 3.21. The summed E-state index contributed by atoms with van der Waals surface area (Å²) < 4.78 is 0. The van der Waals surface area contributed by atoms with Crippen molar-refractivity contribution in [2.45, 2.75) is 25.6 Å². The van der Waals surface area contributed by atoms with E-state index in [2.05, 4.69) is 129 Å². The fourth-order valence-electron chi connectivity index (χ4n) is 4.73. The van der Waals surface area contributed by atoms with Crippen molar-refractivity contribution in [1.29, 1.82) is 0 Å². The Morgan fingerprint density at radius 1 is 0.688 bits per heavy atom. The summed E-state index contributed by atoms with van der Waals surface area (Å²) in [6, 6.07) is 36.4. The minimum absolute atomic E-state index is 0.504. The van der Waals surface area contributed by atoms with Crippen molar-refractivity contribution in [2.75, 3.05) is 5.01 Å². The molecule has 0 fully saturated rings. The van der Waals surface area contributed by atoms with E-state index in [0.29, 0.717) is 0 Å². The van der Waals surface area contributed by atoms with Gasteiger partial charge in [-0.05, 0) is 49.6 Å². The van der Waals surface area contributed by atoms with Crippen LogP contribution in [0.25, 0.3) is 0 Å². The molecule has 1 aliphatic rings. The number of thioether (sulfide) groups is 1. The van der Waals surface area contributed by atoms with Gasteiger partial charge in [0.05, 0.1) is 5.69 Å². The molecule has 0 aromatic heterocycles. The second kappa shape index (κ2) is 8.33. The van der Waals surface area contributed by atoms with E-state index in [9.17, 15) is 0 Å². The zero-order valence-corrected chi connectivity index (χ0v) is 19.4. The fraction of sp³-hybridized carbons (Fsp3) is 0.138. The smallest absolute Gasteiger partial charge is 0.165 e. The molecule has 0 bridgehead atoms. The summed E-state index contributed by atoms with van der Waals surface area (Å²) in [6.07, 6.45) is 0. The zero-order valence-electron chi connectivity index (χ0n) is 18.6. The molecule has 4 aromatic rings. The number of aryl methyl sites for hydroxylation is 3. The standard InChI is InChI=1S/C29H26N2S/c1-21-19-22(2)27(23(3)20-21)29(25-15-9-5-10-16-25)31(26-17-11-6-12-18-26)30-28(32-29)24-13-7-4-8-14-24/h4-20H,1-3H3. The van der Waals surface area contributed by atoms with Gasteiger partial charge >= 0.3 is 0 Å². The fourth-order valence-corrected chi connectivity index (χ4v) is 6.30. The van der Waals surface area contributed by atoms with Gasteiger partial charge in [-0.1, -0.05) is 108 Å². The Morgan fingerprint density at radius 2 is 1.22 bits per heavy atom. The quantitative estimate of drug-likeness (QED) is 0.332. The van der Waals surface area contributed by atoms with Crippen LogP contribution in [0, 0.1) is 20.8 Å². The van der Waals surface area contributed by atoms with Crippen molar-refractivity contribution in [3.63, 3.8) is 0 Å². The van der Waals surface area contributed by atoms with Gasteiger partial charge in [-0.3, -0.25) is 0 Å². The van der Waals surface area contributed by atoms with E-state index in [4.69, 9.17) is 5.10 Å². The summed E-state index contributed by atoms with van der Waals surface area (Å²) in [5.74, 6) is 0. The van der Waals surface area contributed by atoms with Crippen LogP contribution in [0.4, 0.5) is 5.69 Å². The number of rotatable bonds is 4. The molecule has 1 unspecified atom stereocenters. The van der Waals surface area contributed by atoms with Gasteiger partial charge < -0.3 is 0 Å². The van der Waals surface area contributed by atoms with Gasteiger partial charge in [0.15, 0.2) is 4.87 Å². The molecule has 0 aliphatic carbocycles. The van der Waals surface area contributed by atoms with Crippen molar-refractivity contribution in [3.05, 3.63) is 137 Å². The molecule has 0 amide bonds. The van der Waals surface area contributed by atoms with E-state index in [0.717, 1.165) is 16.3 Å². The van der Waals surface area contributed by atoms with Crippen LogP contribution < -0.4 is 5.01 Å². The van der Waals surface area contributed by atoms with Crippen molar-refractivity contribution in [3.8, 4) is 0 Å². The lowest BCUT2D eigenvalue weighted by Gasteiger charge is -2.39. The molecule has 5 rings (SSSR count). The first-order valence-corrected chi connectivity index (χ1v) is 11.7. The third kappa shape index (κ3) is 3.43. The molecule has 1 atom stereocenters. The van der Waals surface area contributed by atoms with Crippen LogP contribution in [-0.2, 0) is 4.87 Å². The Kier molecular flexibility index (Phi) is 5.36. The minimum Gasteiger partial charge on any atom is -0.239 e. The maximum absolute atomic E-state index is 5.25. The summed E-state index contributed by atoms with van der Waals surface area (Å²) >= 11 is 1.83. The van der Waals surface area contributed by atoms with Crippen molar-refractivity contribution in [2.24, 2.45) is 5.10 Å². The number of para-hydroxylation sites is 1. The monoisotopic (exact) mass is 434 g/mol. The summed E-state index contributed by atoms with van der Waals surface area (Å²) in [6.45, 7) is 6.62. The average molecular weight is 435 g/mol. The Hall–Kier alpha value is -3.30. The van der Waals surface area contributed by atoms with Crippen molar-refractivity contribution >= 4 is 22.5 Å². The van der Waals surface area contributed by atoms with E-state index >= 15 is 0 Å². The lowest BCUT2D eigenvalue weighted by Crippen LogP contribution is -2.40. The SMILES string of the molecule is Cc1cc(C)c(C2(c3ccccc3)SC(c3ccccc3)=NN2c2ccccc2)c(C)c1. The topological polar surface area (TPSA) is 15.6 Å². The second-order valence-electron chi connectivity index (χ2n) is 8.30. The second-order valence-corrected chi connectivity index (χ2v) is 9.49. The maximum atomic E-state index is 5.25. The lowest BCUT2D eigenvalue weighted by atomic mass is 9.88. The Bertz CT molecular complexity index is 1240. The highest BCUT2D eigenvalue weighted by atomic mass is 32.2. The largest absolute Gasteiger partial charge is 0.239 e. The van der Waals surface area contributed by atoms with E-state index in [-0.39, 0.29) is 0 Å². The molecular formula is C29H26N2S. The van der Waals surface area contributed by atoms with Crippen LogP contribution in [0.5, 0.6) is 0 Å². The highest BCUT2D eigenvalue weighted by Crippen LogP contribution is 2.55. The number of benzene rings is 4. The van der Waals surface area contributed by atoms with Gasteiger partial charge in [-0.2, -0.15) is 5.10 Å². The minimum atomic E-state index is -0.504. The predicted octanol–water partition coefficient (Wildman–Crippen LogP) is 7.43. The first-order chi connectivity index (χ1) is 15.6. The number of anilines is 1. The molecule has 2 nitrogen and oxygen atoms in total. The molecule has 0 saturated carbocycles. The van der Waals surface area contributed by atoms with Gasteiger partial charge in [-0.25, -0.2) is 5.01 Å². The van der Waals surface area contributed by atoms with E-state index in [1.54, 1.807) is 0 Å². The Labute approximate surface area is 194 Å². The third-order valence-corrected chi connectivity index (χ3v) is 7.35. The summed E-state index contributed by atoms with van der Waals surface area (Å²) in [5, 5.41) is 8.50. The molecule has 0 radical (unpaired) electrons. The Balaban J connectivity index is 1.83. The molecule has 0 saturated heterocycles. The molecule has 1 heterocycles. The molecule has 32 heavy (non-hydrogen) atoms. The predicted molar refractivity (Wildman–Crippen MR) is 137 cm³/mol. The van der Waals surface area contributed by atoms with Crippen LogP contribution in [0.15, 0.2) is 108 Å². The molecule has 3 heteroatoms. The van der Waals surface area contributed by atoms with Gasteiger partial charge in [0.1, 0.15) is 5.04 Å². The number of hydrogen-bond donors (Lipinski definition) is 0. The van der Waals surface area contributed by atoms with Crippen LogP contribution in [0.1, 0.15) is 33.4 Å². The van der Waals surface area contributed by atoms with Crippen molar-refractivity contribution in [1.82, 2.24) is 0 Å². The molecular weight excluding hydrogens is 408 g/mol. The molecule has 0 N–H and O–H groups in total. The highest BCUT2D eigenvalue weighted by Gasteiger charge is 2.49. The summed E-state index contributed by atoms with van der Waals surface area (Å²) in [5.41, 5.74) is 8.59. The van der Waals surface area contributed by atoms with Crippen LogP contribution >= 0.6 is 11.8 Å². The zero-order chi connectivity index (χ0) is 22.1. The third-order valence-electron chi connectivity index (χ3n) is 5.94. The first kappa shape index (κ1) is 20.6. The van der Waals surface area contributed by atoms with Crippen LogP contribution in [-0.4, -0.2) is 5.04 Å². The lowest BCUT2D eigenvalue weighted by molar-refractivity contribution is 0.684. The van der Waals surface area contributed by atoms with Crippen LogP contribution in [0.3, 0.4) is 0 Å². The number of nitrogens with zero attached hydrogens (tertiary/aromatic N) is 2. The van der Waals surface area contributed by atoms with E-state index in [1.165, 1.54) is 27.8 Å². The van der Waals surface area contributed by atoms with E-state index < -0.39 is 4.87 Å². The summed E-state index contributed by atoms with van der Waals surface area (Å²) in [7, 11) is 0. The molecule has 158 valence electrons. The number of hydrogen-bond acceptors (Lipinski definition) is 3. The number of hydrazone groups is 1. The highest BCUT2D eigenvalue weighted by molar-refractivity contribution is 8.15. The van der Waals surface area contributed by atoms with Gasteiger partial charge in [0.25, 0.3) is 0 Å². The van der Waals surface area contributed by atoms with E-state index in [1.807, 2.05) is 11.8 Å². The first-order valence-electron chi connectivity index (χ1n) is 10.9.